The van der Waals surface area contributed by atoms with Gasteiger partial charge in [0.25, 0.3) is 5.91 Å². The number of thiophene rings is 1. The number of aliphatic hydroxyl groups is 1. The van der Waals surface area contributed by atoms with Crippen molar-refractivity contribution in [1.82, 2.24) is 20.2 Å². The number of ether oxygens (including phenoxy) is 1. The first-order valence-electron chi connectivity index (χ1n) is 8.90. The van der Waals surface area contributed by atoms with Gasteiger partial charge in [0.05, 0.1) is 22.5 Å². The van der Waals surface area contributed by atoms with Gasteiger partial charge in [-0.3, -0.25) is 9.89 Å². The lowest BCUT2D eigenvalue weighted by Crippen LogP contribution is -2.12. The standard InChI is InChI=1S/C19H17ClN6O3S/c20-10-3-1-2-9(8-10)15-13-14(21)16(17(22)28)30-18(13)25-19(24-15)29-12(5-7-27)11-4-6-23-26-11/h1-4,6,8,12,27H,5,7,21H2,(H2,22,28)(H,23,26). The number of fused-ring (bicyclic) bond motifs is 1. The molecule has 0 bridgehead atoms. The minimum absolute atomic E-state index is 0.0581. The van der Waals surface area contributed by atoms with E-state index in [-0.39, 0.29) is 23.2 Å². The van der Waals surface area contributed by atoms with Crippen molar-refractivity contribution in [3.63, 3.8) is 0 Å². The van der Waals surface area contributed by atoms with E-state index >= 15 is 0 Å². The number of hydrogen-bond donors (Lipinski definition) is 4. The Bertz CT molecular complexity index is 1210. The van der Waals surface area contributed by atoms with Crippen LogP contribution in [0.3, 0.4) is 0 Å². The zero-order valence-electron chi connectivity index (χ0n) is 15.5. The number of aromatic amines is 1. The van der Waals surface area contributed by atoms with Crippen molar-refractivity contribution in [2.24, 2.45) is 5.73 Å². The van der Waals surface area contributed by atoms with Crippen LogP contribution in [0.1, 0.15) is 27.9 Å². The average Bonchev–Trinajstić information content (AvgIpc) is 3.36. The molecule has 0 aliphatic carbocycles. The number of H-pyrrole nitrogens is 1. The summed E-state index contributed by atoms with van der Waals surface area (Å²) >= 11 is 7.22. The Morgan fingerprint density at radius 3 is 2.83 bits per heavy atom. The largest absolute Gasteiger partial charge is 0.454 e. The van der Waals surface area contributed by atoms with Crippen molar-refractivity contribution in [1.29, 1.82) is 0 Å². The summed E-state index contributed by atoms with van der Waals surface area (Å²) in [5.74, 6) is -0.648. The summed E-state index contributed by atoms with van der Waals surface area (Å²) in [5, 5.41) is 17.2. The summed E-state index contributed by atoms with van der Waals surface area (Å²) in [6.45, 7) is -0.106. The molecule has 3 aromatic heterocycles. The number of nitrogens with one attached hydrogen (secondary N) is 1. The normalized spacial score (nSPS) is 12.2. The lowest BCUT2D eigenvalue weighted by atomic mass is 10.1. The number of carbonyl (C=O) groups excluding carboxylic acids is 1. The van der Waals surface area contributed by atoms with Crippen LogP contribution >= 0.6 is 22.9 Å². The number of rotatable bonds is 7. The Hall–Kier alpha value is -3.21. The van der Waals surface area contributed by atoms with Gasteiger partial charge in [0, 0.05) is 29.8 Å². The van der Waals surface area contributed by atoms with Crippen molar-refractivity contribution in [3.8, 4) is 17.3 Å². The Kier molecular flexibility index (Phi) is 5.53. The summed E-state index contributed by atoms with van der Waals surface area (Å²) in [4.78, 5) is 21.4. The molecule has 0 aliphatic rings. The minimum Gasteiger partial charge on any atom is -0.454 e. The molecule has 1 aromatic carbocycles. The first kappa shape index (κ1) is 20.1. The van der Waals surface area contributed by atoms with E-state index in [1.165, 1.54) is 0 Å². The molecule has 11 heteroatoms. The molecule has 154 valence electrons. The van der Waals surface area contributed by atoms with Gasteiger partial charge < -0.3 is 21.3 Å². The second kappa shape index (κ2) is 8.27. The maximum absolute atomic E-state index is 11.8. The van der Waals surface area contributed by atoms with Gasteiger partial charge in [0.15, 0.2) is 0 Å². The number of nitrogens with two attached hydrogens (primary N) is 2. The van der Waals surface area contributed by atoms with Gasteiger partial charge in [-0.15, -0.1) is 11.3 Å². The lowest BCUT2D eigenvalue weighted by molar-refractivity contribution is 0.100. The number of aromatic nitrogens is 4. The molecule has 1 unspecified atom stereocenters. The smallest absolute Gasteiger partial charge is 0.319 e. The summed E-state index contributed by atoms with van der Waals surface area (Å²) in [7, 11) is 0. The van der Waals surface area contributed by atoms with E-state index in [1.807, 2.05) is 6.07 Å². The van der Waals surface area contributed by atoms with Gasteiger partial charge in [-0.1, -0.05) is 23.7 Å². The summed E-state index contributed by atoms with van der Waals surface area (Å²) in [5.41, 5.74) is 13.7. The molecular formula is C19H17ClN6O3S. The second-order valence-corrected chi connectivity index (χ2v) is 7.82. The molecule has 1 amide bonds. The molecule has 4 rings (SSSR count). The summed E-state index contributed by atoms with van der Waals surface area (Å²) in [6, 6.07) is 8.87. The zero-order valence-corrected chi connectivity index (χ0v) is 17.1. The van der Waals surface area contributed by atoms with E-state index in [0.29, 0.717) is 38.6 Å². The van der Waals surface area contributed by atoms with Gasteiger partial charge in [0.1, 0.15) is 15.8 Å². The van der Waals surface area contributed by atoms with E-state index in [4.69, 9.17) is 27.8 Å². The van der Waals surface area contributed by atoms with Crippen molar-refractivity contribution in [2.75, 3.05) is 12.3 Å². The van der Waals surface area contributed by atoms with E-state index in [0.717, 1.165) is 11.3 Å². The van der Waals surface area contributed by atoms with E-state index in [2.05, 4.69) is 20.2 Å². The van der Waals surface area contributed by atoms with Crippen molar-refractivity contribution in [3.05, 3.63) is 52.1 Å². The Morgan fingerprint density at radius 2 is 2.17 bits per heavy atom. The molecule has 1 atom stereocenters. The molecule has 9 nitrogen and oxygen atoms in total. The van der Waals surface area contributed by atoms with Crippen LogP contribution in [-0.4, -0.2) is 37.8 Å². The van der Waals surface area contributed by atoms with Crippen LogP contribution < -0.4 is 16.2 Å². The predicted molar refractivity (Wildman–Crippen MR) is 114 cm³/mol. The number of benzene rings is 1. The number of nitrogens with zero attached hydrogens (tertiary/aromatic N) is 3. The second-order valence-electron chi connectivity index (χ2n) is 6.39. The van der Waals surface area contributed by atoms with Crippen molar-refractivity contribution < 1.29 is 14.6 Å². The van der Waals surface area contributed by atoms with Gasteiger partial charge in [-0.2, -0.15) is 15.1 Å². The van der Waals surface area contributed by atoms with Gasteiger partial charge in [-0.25, -0.2) is 0 Å². The quantitative estimate of drug-likeness (QED) is 0.341. The van der Waals surface area contributed by atoms with E-state index in [1.54, 1.807) is 30.5 Å². The number of hydrogen-bond acceptors (Lipinski definition) is 8. The lowest BCUT2D eigenvalue weighted by Gasteiger charge is -2.16. The van der Waals surface area contributed by atoms with Crippen molar-refractivity contribution >= 4 is 44.7 Å². The third kappa shape index (κ3) is 3.80. The van der Waals surface area contributed by atoms with Crippen LogP contribution in [0, 0.1) is 0 Å². The van der Waals surface area contributed by atoms with Crippen LogP contribution in [0.4, 0.5) is 5.69 Å². The van der Waals surface area contributed by atoms with Crippen LogP contribution in [0.25, 0.3) is 21.5 Å². The number of primary amides is 1. The first-order valence-corrected chi connectivity index (χ1v) is 10.1. The van der Waals surface area contributed by atoms with Gasteiger partial charge in [-0.05, 0) is 18.2 Å². The summed E-state index contributed by atoms with van der Waals surface area (Å²) in [6.07, 6.45) is 1.34. The Morgan fingerprint density at radius 1 is 1.33 bits per heavy atom. The molecule has 0 saturated heterocycles. The van der Waals surface area contributed by atoms with E-state index in [9.17, 15) is 9.90 Å². The number of halogens is 1. The number of anilines is 1. The molecule has 30 heavy (non-hydrogen) atoms. The predicted octanol–water partition coefficient (Wildman–Crippen LogP) is 2.92. The third-order valence-electron chi connectivity index (χ3n) is 4.40. The number of nitrogen functional groups attached to an aromatic ring is 1. The first-order chi connectivity index (χ1) is 14.5. The van der Waals surface area contributed by atoms with Crippen LogP contribution in [-0.2, 0) is 0 Å². The van der Waals surface area contributed by atoms with Gasteiger partial charge in [0.2, 0.25) is 0 Å². The van der Waals surface area contributed by atoms with Gasteiger partial charge >= 0.3 is 6.01 Å². The topological polar surface area (TPSA) is 153 Å². The maximum Gasteiger partial charge on any atom is 0.319 e. The molecule has 4 aromatic rings. The van der Waals surface area contributed by atoms with Crippen LogP contribution in [0.5, 0.6) is 6.01 Å². The Balaban J connectivity index is 1.88. The minimum atomic E-state index is -0.648. The highest BCUT2D eigenvalue weighted by molar-refractivity contribution is 7.21. The molecular weight excluding hydrogens is 428 g/mol. The maximum atomic E-state index is 11.8. The number of aliphatic hydroxyl groups excluding tert-OH is 1. The van der Waals surface area contributed by atoms with E-state index < -0.39 is 12.0 Å². The monoisotopic (exact) mass is 444 g/mol. The molecule has 6 N–H and O–H groups in total. The highest BCUT2D eigenvalue weighted by Gasteiger charge is 2.23. The molecule has 0 radical (unpaired) electrons. The molecule has 0 fully saturated rings. The van der Waals surface area contributed by atoms with Crippen molar-refractivity contribution in [2.45, 2.75) is 12.5 Å². The SMILES string of the molecule is NC(=O)c1sc2nc(OC(CCO)c3ccn[nH]3)nc(-c3cccc(Cl)c3)c2c1N. The fourth-order valence-corrected chi connectivity index (χ4v) is 4.18. The average molecular weight is 445 g/mol. The fourth-order valence-electron chi connectivity index (χ4n) is 3.05. The number of carbonyl (C=O) groups is 1. The van der Waals surface area contributed by atoms with Crippen LogP contribution in [0.15, 0.2) is 36.5 Å². The fraction of sp³-hybridized carbons (Fsp3) is 0.158. The zero-order chi connectivity index (χ0) is 21.3. The highest BCUT2D eigenvalue weighted by Crippen LogP contribution is 2.40. The molecule has 0 aliphatic heterocycles. The molecule has 0 saturated carbocycles. The third-order valence-corrected chi connectivity index (χ3v) is 5.75. The summed E-state index contributed by atoms with van der Waals surface area (Å²) < 4.78 is 5.97. The number of amides is 1. The molecule has 0 spiro atoms. The Labute approximate surface area is 179 Å². The molecule has 3 heterocycles. The van der Waals surface area contributed by atoms with Crippen LogP contribution in [0.2, 0.25) is 5.02 Å². The highest BCUT2D eigenvalue weighted by atomic mass is 35.5.